The first kappa shape index (κ1) is 15.4. The molecule has 0 aromatic heterocycles. The Bertz CT molecular complexity index is 832. The van der Waals surface area contributed by atoms with Gasteiger partial charge in [0, 0.05) is 21.2 Å². The molecule has 112 valence electrons. The van der Waals surface area contributed by atoms with Gasteiger partial charge < -0.3 is 0 Å². The van der Waals surface area contributed by atoms with Crippen molar-refractivity contribution in [3.8, 4) is 11.1 Å². The van der Waals surface area contributed by atoms with Crippen LogP contribution >= 0.6 is 15.9 Å². The summed E-state index contributed by atoms with van der Waals surface area (Å²) in [6.07, 6.45) is 0.823. The second kappa shape index (κ2) is 6.71. The first-order valence-electron chi connectivity index (χ1n) is 7.13. The van der Waals surface area contributed by atoms with Crippen molar-refractivity contribution in [3.05, 3.63) is 94.0 Å². The predicted molar refractivity (Wildman–Crippen MR) is 94.8 cm³/mol. The van der Waals surface area contributed by atoms with E-state index >= 15 is 0 Å². The zero-order valence-corrected chi connectivity index (χ0v) is 13.8. The lowest BCUT2D eigenvalue weighted by atomic mass is 9.99. The van der Waals surface area contributed by atoms with Gasteiger partial charge >= 0.3 is 0 Å². The molecule has 3 aromatic carbocycles. The Balaban J connectivity index is 1.84. The van der Waals surface area contributed by atoms with Crippen molar-refractivity contribution in [3.63, 3.8) is 0 Å². The highest BCUT2D eigenvalue weighted by atomic mass is 79.9. The third-order valence-corrected chi connectivity index (χ3v) is 4.16. The highest BCUT2D eigenvalue weighted by molar-refractivity contribution is 9.10. The number of halogens is 1. The van der Waals surface area contributed by atoms with Gasteiger partial charge in [0.25, 0.3) is 0 Å². The zero-order chi connectivity index (χ0) is 16.2. The fraction of sp³-hybridized carbons (Fsp3) is 0. The Morgan fingerprint density at radius 2 is 1.13 bits per heavy atom. The first-order valence-corrected chi connectivity index (χ1v) is 7.92. The third kappa shape index (κ3) is 3.46. The van der Waals surface area contributed by atoms with Crippen LogP contribution < -0.4 is 0 Å². The fourth-order valence-corrected chi connectivity index (χ4v) is 2.60. The van der Waals surface area contributed by atoms with Crippen LogP contribution in [-0.2, 0) is 0 Å². The number of rotatable bonds is 4. The lowest BCUT2D eigenvalue weighted by Crippen LogP contribution is -2.00. The van der Waals surface area contributed by atoms with Crippen LogP contribution in [0.25, 0.3) is 11.1 Å². The third-order valence-electron chi connectivity index (χ3n) is 3.63. The van der Waals surface area contributed by atoms with Crippen molar-refractivity contribution in [1.29, 1.82) is 0 Å². The monoisotopic (exact) mass is 364 g/mol. The van der Waals surface area contributed by atoms with Crippen LogP contribution in [-0.4, -0.2) is 12.1 Å². The highest BCUT2D eigenvalue weighted by Crippen LogP contribution is 2.21. The van der Waals surface area contributed by atoms with Gasteiger partial charge in [0.05, 0.1) is 0 Å². The van der Waals surface area contributed by atoms with Crippen LogP contribution in [0.2, 0.25) is 0 Å². The van der Waals surface area contributed by atoms with Crippen molar-refractivity contribution < 1.29 is 9.59 Å². The second-order valence-electron chi connectivity index (χ2n) is 5.15. The van der Waals surface area contributed by atoms with Gasteiger partial charge in [-0.1, -0.05) is 64.5 Å². The molecule has 2 nitrogen and oxygen atoms in total. The van der Waals surface area contributed by atoms with Gasteiger partial charge in [-0.25, -0.2) is 0 Å². The molecule has 3 heteroatoms. The normalized spacial score (nSPS) is 10.3. The predicted octanol–water partition coefficient (Wildman–Crippen LogP) is 5.16. The van der Waals surface area contributed by atoms with E-state index in [1.54, 1.807) is 24.3 Å². The molecule has 0 saturated heterocycles. The Morgan fingerprint density at radius 3 is 1.61 bits per heavy atom. The summed E-state index contributed by atoms with van der Waals surface area (Å²) in [6, 6.07) is 22.2. The largest absolute Gasteiger partial charge is 0.298 e. The van der Waals surface area contributed by atoms with E-state index in [0.717, 1.165) is 21.9 Å². The number of hydrogen-bond donors (Lipinski definition) is 0. The minimum Gasteiger partial charge on any atom is -0.298 e. The number of hydrogen-bond acceptors (Lipinski definition) is 2. The smallest absolute Gasteiger partial charge is 0.193 e. The zero-order valence-electron chi connectivity index (χ0n) is 12.2. The summed E-state index contributed by atoms with van der Waals surface area (Å²) in [7, 11) is 0. The summed E-state index contributed by atoms with van der Waals surface area (Å²) in [4.78, 5) is 23.1. The average molecular weight is 365 g/mol. The van der Waals surface area contributed by atoms with E-state index < -0.39 is 0 Å². The Kier molecular flexibility index (Phi) is 4.49. The molecule has 3 aromatic rings. The van der Waals surface area contributed by atoms with Crippen LogP contribution in [0.5, 0.6) is 0 Å². The molecule has 0 radical (unpaired) electrons. The molecule has 23 heavy (non-hydrogen) atoms. The Morgan fingerprint density at radius 1 is 0.696 bits per heavy atom. The number of carbonyl (C=O) groups is 2. The molecule has 0 saturated carbocycles. The van der Waals surface area contributed by atoms with Gasteiger partial charge in [0.1, 0.15) is 6.29 Å². The summed E-state index contributed by atoms with van der Waals surface area (Å²) < 4.78 is 0.947. The Labute approximate surface area is 142 Å². The van der Waals surface area contributed by atoms with E-state index in [2.05, 4.69) is 15.9 Å². The van der Waals surface area contributed by atoms with Crippen LogP contribution in [0.3, 0.4) is 0 Å². The van der Waals surface area contributed by atoms with Crippen molar-refractivity contribution in [2.24, 2.45) is 0 Å². The van der Waals surface area contributed by atoms with Crippen molar-refractivity contribution in [2.75, 3.05) is 0 Å². The molecule has 0 aliphatic rings. The molecular weight excluding hydrogens is 352 g/mol. The summed E-state index contributed by atoms with van der Waals surface area (Å²) in [5.41, 5.74) is 3.99. The van der Waals surface area contributed by atoms with E-state index in [-0.39, 0.29) is 5.78 Å². The maximum atomic E-state index is 12.4. The summed E-state index contributed by atoms with van der Waals surface area (Å²) in [5.74, 6) is 0.000327. The lowest BCUT2D eigenvalue weighted by Gasteiger charge is -2.05. The van der Waals surface area contributed by atoms with Crippen molar-refractivity contribution >= 4 is 28.0 Å². The van der Waals surface area contributed by atoms with E-state index in [9.17, 15) is 9.59 Å². The topological polar surface area (TPSA) is 34.1 Å². The van der Waals surface area contributed by atoms with E-state index in [1.165, 1.54) is 0 Å². The van der Waals surface area contributed by atoms with E-state index in [0.29, 0.717) is 16.7 Å². The van der Waals surface area contributed by atoms with Gasteiger partial charge in [-0.3, -0.25) is 9.59 Å². The summed E-state index contributed by atoms with van der Waals surface area (Å²) >= 11 is 3.36. The van der Waals surface area contributed by atoms with Crippen molar-refractivity contribution in [1.82, 2.24) is 0 Å². The van der Waals surface area contributed by atoms with E-state index in [1.807, 2.05) is 48.5 Å². The number of aldehydes is 1. The Hall–Kier alpha value is -2.52. The van der Waals surface area contributed by atoms with Gasteiger partial charge in [0.15, 0.2) is 5.78 Å². The molecule has 0 bridgehead atoms. The second-order valence-corrected chi connectivity index (χ2v) is 6.07. The molecule has 0 spiro atoms. The molecular formula is C20H13BrO2. The maximum absolute atomic E-state index is 12.4. The molecule has 0 N–H and O–H groups in total. The van der Waals surface area contributed by atoms with Crippen LogP contribution in [0.1, 0.15) is 26.3 Å². The molecule has 3 rings (SSSR count). The van der Waals surface area contributed by atoms with Gasteiger partial charge in [-0.05, 0) is 35.4 Å². The number of carbonyl (C=O) groups excluding carboxylic acids is 2. The molecule has 0 atom stereocenters. The summed E-state index contributed by atoms with van der Waals surface area (Å²) in [6.45, 7) is 0. The standard InChI is InChI=1S/C20H13BrO2/c21-19-11-9-18(10-12-19)20(23)17-7-5-16(6-8-17)15-3-1-14(13-22)2-4-15/h1-13H. The summed E-state index contributed by atoms with van der Waals surface area (Å²) in [5, 5.41) is 0. The van der Waals surface area contributed by atoms with E-state index in [4.69, 9.17) is 0 Å². The molecule has 0 amide bonds. The molecule has 0 heterocycles. The van der Waals surface area contributed by atoms with Gasteiger partial charge in [-0.15, -0.1) is 0 Å². The number of benzene rings is 3. The molecule has 0 aliphatic carbocycles. The van der Waals surface area contributed by atoms with Crippen LogP contribution in [0.4, 0.5) is 0 Å². The molecule has 0 aliphatic heterocycles. The van der Waals surface area contributed by atoms with Crippen molar-refractivity contribution in [2.45, 2.75) is 0 Å². The van der Waals surface area contributed by atoms with Crippen LogP contribution in [0.15, 0.2) is 77.3 Å². The maximum Gasteiger partial charge on any atom is 0.193 e. The molecule has 0 unspecified atom stereocenters. The molecule has 0 fully saturated rings. The number of ketones is 1. The fourth-order valence-electron chi connectivity index (χ4n) is 2.34. The highest BCUT2D eigenvalue weighted by Gasteiger charge is 2.09. The SMILES string of the molecule is O=Cc1ccc(-c2ccc(C(=O)c3ccc(Br)cc3)cc2)cc1. The quantitative estimate of drug-likeness (QED) is 0.473. The first-order chi connectivity index (χ1) is 11.2. The average Bonchev–Trinajstić information content (AvgIpc) is 2.62. The van der Waals surface area contributed by atoms with Gasteiger partial charge in [-0.2, -0.15) is 0 Å². The van der Waals surface area contributed by atoms with Crippen LogP contribution in [0, 0.1) is 0 Å². The minimum atomic E-state index is 0.000327. The van der Waals surface area contributed by atoms with Gasteiger partial charge in [0.2, 0.25) is 0 Å². The minimum absolute atomic E-state index is 0.000327. The lowest BCUT2D eigenvalue weighted by molar-refractivity contribution is 0.103.